The first kappa shape index (κ1) is 12.0. The van der Waals surface area contributed by atoms with Gasteiger partial charge in [-0.2, -0.15) is 0 Å². The average Bonchev–Trinajstić information content (AvgIpc) is 2.78. The predicted molar refractivity (Wildman–Crippen MR) is 75.0 cm³/mol. The first-order valence-electron chi connectivity index (χ1n) is 6.58. The van der Waals surface area contributed by atoms with Crippen LogP contribution in [0.2, 0.25) is 0 Å². The molecule has 19 heavy (non-hydrogen) atoms. The molecule has 2 aromatic carbocycles. The van der Waals surface area contributed by atoms with E-state index in [4.69, 9.17) is 4.74 Å². The van der Waals surface area contributed by atoms with E-state index in [1.54, 1.807) is 0 Å². The zero-order chi connectivity index (χ0) is 13.2. The van der Waals surface area contributed by atoms with Crippen LogP contribution in [0, 0.1) is 0 Å². The van der Waals surface area contributed by atoms with Crippen LogP contribution in [0.4, 0.5) is 0 Å². The summed E-state index contributed by atoms with van der Waals surface area (Å²) in [6, 6.07) is 14.9. The van der Waals surface area contributed by atoms with E-state index >= 15 is 0 Å². The lowest BCUT2D eigenvalue weighted by atomic mass is 9.99. The van der Waals surface area contributed by atoms with Gasteiger partial charge in [0.25, 0.3) is 0 Å². The quantitative estimate of drug-likeness (QED) is 0.668. The predicted octanol–water partition coefficient (Wildman–Crippen LogP) is 3.36. The molecule has 0 aromatic heterocycles. The van der Waals surface area contributed by atoms with Gasteiger partial charge in [-0.1, -0.05) is 42.5 Å². The summed E-state index contributed by atoms with van der Waals surface area (Å²) in [5.74, 6) is -0.212. The summed E-state index contributed by atoms with van der Waals surface area (Å²) in [4.78, 5) is 10.8. The van der Waals surface area contributed by atoms with Crippen molar-refractivity contribution in [3.63, 3.8) is 0 Å². The molecule has 2 heteroatoms. The van der Waals surface area contributed by atoms with Crippen molar-refractivity contribution < 1.29 is 9.53 Å². The van der Waals surface area contributed by atoms with Crippen molar-refractivity contribution in [2.24, 2.45) is 0 Å². The van der Waals surface area contributed by atoms with Crippen LogP contribution in [0.3, 0.4) is 0 Å². The molecule has 0 atom stereocenters. The zero-order valence-electron chi connectivity index (χ0n) is 11.0. The monoisotopic (exact) mass is 252 g/mol. The molecule has 0 saturated heterocycles. The summed E-state index contributed by atoms with van der Waals surface area (Å²) in [5.41, 5.74) is 6.73. The summed E-state index contributed by atoms with van der Waals surface area (Å²) < 4.78 is 5.04. The van der Waals surface area contributed by atoms with Crippen molar-refractivity contribution in [2.45, 2.75) is 19.8 Å². The molecule has 0 bridgehead atoms. The minimum atomic E-state index is -0.212. The molecule has 96 valence electrons. The van der Waals surface area contributed by atoms with Crippen LogP contribution in [0.5, 0.6) is 0 Å². The third-order valence-electron chi connectivity index (χ3n) is 3.62. The Morgan fingerprint density at radius 1 is 1.11 bits per heavy atom. The van der Waals surface area contributed by atoms with Crippen molar-refractivity contribution >= 4 is 5.97 Å². The number of hydrogen-bond donors (Lipinski definition) is 0. The molecule has 2 aromatic rings. The molecule has 0 spiro atoms. The lowest BCUT2D eigenvalue weighted by molar-refractivity contribution is -0.140. The smallest absolute Gasteiger partial charge is 0.302 e. The largest absolute Gasteiger partial charge is 0.466 e. The third-order valence-corrected chi connectivity index (χ3v) is 3.62. The molecule has 0 fully saturated rings. The van der Waals surface area contributed by atoms with Crippen molar-refractivity contribution in [2.75, 3.05) is 6.61 Å². The van der Waals surface area contributed by atoms with Crippen LogP contribution < -0.4 is 0 Å². The van der Waals surface area contributed by atoms with Gasteiger partial charge in [0, 0.05) is 13.3 Å². The van der Waals surface area contributed by atoms with Gasteiger partial charge in [-0.3, -0.25) is 4.79 Å². The molecule has 0 aliphatic heterocycles. The molecular weight excluding hydrogens is 236 g/mol. The molecule has 0 saturated carbocycles. The van der Waals surface area contributed by atoms with Crippen molar-refractivity contribution in [3.8, 4) is 11.1 Å². The van der Waals surface area contributed by atoms with E-state index in [1.807, 2.05) is 0 Å². The van der Waals surface area contributed by atoms with E-state index in [9.17, 15) is 4.79 Å². The van der Waals surface area contributed by atoms with Crippen molar-refractivity contribution in [3.05, 3.63) is 59.2 Å². The lowest BCUT2D eigenvalue weighted by Gasteiger charge is -2.08. The topological polar surface area (TPSA) is 26.3 Å². The maximum Gasteiger partial charge on any atom is 0.302 e. The Morgan fingerprint density at radius 3 is 2.74 bits per heavy atom. The van der Waals surface area contributed by atoms with E-state index in [1.165, 1.54) is 34.7 Å². The van der Waals surface area contributed by atoms with E-state index in [-0.39, 0.29) is 5.97 Å². The highest BCUT2D eigenvalue weighted by molar-refractivity contribution is 5.77. The van der Waals surface area contributed by atoms with E-state index in [0.29, 0.717) is 6.61 Å². The Balaban J connectivity index is 1.88. The van der Waals surface area contributed by atoms with Crippen LogP contribution in [-0.4, -0.2) is 12.6 Å². The number of ether oxygens (including phenoxy) is 1. The van der Waals surface area contributed by atoms with Gasteiger partial charge in [0.15, 0.2) is 0 Å². The highest BCUT2D eigenvalue weighted by Crippen LogP contribution is 2.38. The molecule has 0 radical (unpaired) electrons. The Bertz CT molecular complexity index is 629. The molecule has 2 nitrogen and oxygen atoms in total. The first-order valence-corrected chi connectivity index (χ1v) is 6.58. The summed E-state index contributed by atoms with van der Waals surface area (Å²) in [6.07, 6.45) is 1.78. The molecular formula is C17H16O2. The highest BCUT2D eigenvalue weighted by Gasteiger charge is 2.19. The Morgan fingerprint density at radius 2 is 1.89 bits per heavy atom. The zero-order valence-corrected chi connectivity index (χ0v) is 11.0. The second-order valence-electron chi connectivity index (χ2n) is 4.87. The van der Waals surface area contributed by atoms with E-state index < -0.39 is 0 Å². The first-order chi connectivity index (χ1) is 9.25. The highest BCUT2D eigenvalue weighted by atomic mass is 16.5. The molecule has 0 unspecified atom stereocenters. The van der Waals surface area contributed by atoms with Crippen LogP contribution in [0.25, 0.3) is 11.1 Å². The number of carbonyl (C=O) groups excluding carboxylic acids is 1. The number of rotatable bonds is 3. The summed E-state index contributed by atoms with van der Waals surface area (Å²) >= 11 is 0. The van der Waals surface area contributed by atoms with Gasteiger partial charge in [-0.25, -0.2) is 0 Å². The SMILES string of the molecule is CC(=O)OCCc1cccc2c1Cc1ccccc1-2. The van der Waals surface area contributed by atoms with E-state index in [2.05, 4.69) is 42.5 Å². The second-order valence-corrected chi connectivity index (χ2v) is 4.87. The molecule has 0 heterocycles. The van der Waals surface area contributed by atoms with Gasteiger partial charge in [0.05, 0.1) is 6.61 Å². The van der Waals surface area contributed by atoms with Crippen LogP contribution >= 0.6 is 0 Å². The Hall–Kier alpha value is -2.09. The van der Waals surface area contributed by atoms with Gasteiger partial charge >= 0.3 is 5.97 Å². The molecule has 0 amide bonds. The second kappa shape index (κ2) is 4.88. The molecule has 3 rings (SSSR count). The number of fused-ring (bicyclic) bond motifs is 3. The normalized spacial score (nSPS) is 11.8. The maximum atomic E-state index is 10.8. The summed E-state index contributed by atoms with van der Waals surface area (Å²) in [5, 5.41) is 0. The van der Waals surface area contributed by atoms with Crippen LogP contribution in [0.15, 0.2) is 42.5 Å². The van der Waals surface area contributed by atoms with Gasteiger partial charge in [-0.05, 0) is 34.2 Å². The Kier molecular flexibility index (Phi) is 3.08. The average molecular weight is 252 g/mol. The minimum Gasteiger partial charge on any atom is -0.466 e. The number of benzene rings is 2. The van der Waals surface area contributed by atoms with E-state index in [0.717, 1.165) is 12.8 Å². The minimum absolute atomic E-state index is 0.212. The molecule has 1 aliphatic rings. The third kappa shape index (κ3) is 2.26. The van der Waals surface area contributed by atoms with Crippen LogP contribution in [0.1, 0.15) is 23.6 Å². The van der Waals surface area contributed by atoms with Gasteiger partial charge < -0.3 is 4.74 Å². The van der Waals surface area contributed by atoms with Crippen molar-refractivity contribution in [1.82, 2.24) is 0 Å². The van der Waals surface area contributed by atoms with Gasteiger partial charge in [0.2, 0.25) is 0 Å². The fourth-order valence-electron chi connectivity index (χ4n) is 2.76. The number of hydrogen-bond acceptors (Lipinski definition) is 2. The molecule has 0 N–H and O–H groups in total. The van der Waals surface area contributed by atoms with Crippen LogP contribution in [-0.2, 0) is 22.4 Å². The van der Waals surface area contributed by atoms with Gasteiger partial charge in [-0.15, -0.1) is 0 Å². The maximum absolute atomic E-state index is 10.8. The Labute approximate surface area is 113 Å². The lowest BCUT2D eigenvalue weighted by Crippen LogP contribution is -2.04. The summed E-state index contributed by atoms with van der Waals surface area (Å²) in [6.45, 7) is 1.91. The fourth-order valence-corrected chi connectivity index (χ4v) is 2.76. The van der Waals surface area contributed by atoms with Gasteiger partial charge in [0.1, 0.15) is 0 Å². The standard InChI is InChI=1S/C17H16O2/c1-12(18)19-10-9-13-6-4-8-16-15-7-3-2-5-14(15)11-17(13)16/h2-8H,9-11H2,1H3. The number of esters is 1. The molecule has 1 aliphatic carbocycles. The number of carbonyl (C=O) groups is 1. The summed E-state index contributed by atoms with van der Waals surface area (Å²) in [7, 11) is 0. The van der Waals surface area contributed by atoms with Crippen molar-refractivity contribution in [1.29, 1.82) is 0 Å². The fraction of sp³-hybridized carbons (Fsp3) is 0.235.